The van der Waals surface area contributed by atoms with Crippen LogP contribution >= 0.6 is 0 Å². The van der Waals surface area contributed by atoms with Gasteiger partial charge < -0.3 is 9.47 Å². The maximum absolute atomic E-state index is 13.4. The quantitative estimate of drug-likeness (QED) is 0.935. The first-order chi connectivity index (χ1) is 11.0. The summed E-state index contributed by atoms with van der Waals surface area (Å²) in [4.78, 5) is -0.0930. The van der Waals surface area contributed by atoms with Crippen LogP contribution in [0.2, 0.25) is 0 Å². The summed E-state index contributed by atoms with van der Waals surface area (Å²) in [5.74, 6) is 0.459. The number of benzene rings is 2. The zero-order valence-corrected chi connectivity index (χ0v) is 13.3. The highest BCUT2D eigenvalue weighted by Crippen LogP contribution is 2.33. The van der Waals surface area contributed by atoms with Crippen molar-refractivity contribution in [3.8, 4) is 11.5 Å². The molecule has 0 atom stereocenters. The molecule has 0 radical (unpaired) electrons. The van der Waals surface area contributed by atoms with Crippen molar-refractivity contribution in [2.45, 2.75) is 18.2 Å². The molecule has 0 amide bonds. The van der Waals surface area contributed by atoms with E-state index in [1.165, 1.54) is 12.1 Å². The van der Waals surface area contributed by atoms with E-state index < -0.39 is 15.8 Å². The molecule has 5 nitrogen and oxygen atoms in total. The molecule has 1 N–H and O–H groups in total. The van der Waals surface area contributed by atoms with E-state index >= 15 is 0 Å². The van der Waals surface area contributed by atoms with Crippen molar-refractivity contribution >= 4 is 15.7 Å². The zero-order valence-electron chi connectivity index (χ0n) is 12.5. The Morgan fingerprint density at radius 1 is 1.04 bits per heavy atom. The minimum Gasteiger partial charge on any atom is -0.490 e. The summed E-state index contributed by atoms with van der Waals surface area (Å²) in [6.45, 7) is 2.68. The summed E-state index contributed by atoms with van der Waals surface area (Å²) in [7, 11) is -3.89. The van der Waals surface area contributed by atoms with Crippen molar-refractivity contribution in [2.24, 2.45) is 0 Å². The highest BCUT2D eigenvalue weighted by Gasteiger charge is 2.19. The molecule has 122 valence electrons. The number of hydrogen-bond acceptors (Lipinski definition) is 4. The highest BCUT2D eigenvalue weighted by molar-refractivity contribution is 7.92. The summed E-state index contributed by atoms with van der Waals surface area (Å²) < 4.78 is 51.8. The molecule has 3 rings (SSSR count). The van der Waals surface area contributed by atoms with Gasteiger partial charge in [-0.15, -0.1) is 0 Å². The molecule has 0 spiro atoms. The molecule has 2 aromatic carbocycles. The fraction of sp³-hybridized carbons (Fsp3) is 0.250. The van der Waals surface area contributed by atoms with Gasteiger partial charge in [-0.05, 0) is 36.8 Å². The van der Waals surface area contributed by atoms with Gasteiger partial charge in [0, 0.05) is 12.5 Å². The van der Waals surface area contributed by atoms with Crippen LogP contribution in [0.3, 0.4) is 0 Å². The van der Waals surface area contributed by atoms with Gasteiger partial charge in [-0.3, -0.25) is 4.72 Å². The van der Waals surface area contributed by atoms with Crippen LogP contribution in [0.4, 0.5) is 10.1 Å². The van der Waals surface area contributed by atoms with Crippen LogP contribution in [0.25, 0.3) is 0 Å². The Balaban J connectivity index is 1.92. The Labute approximate surface area is 134 Å². The SMILES string of the molecule is Cc1ccc(F)cc1S(=O)(=O)Nc1ccc2c(c1)OCCCO2. The molecule has 0 aliphatic carbocycles. The number of ether oxygens (including phenoxy) is 2. The van der Waals surface area contributed by atoms with E-state index in [2.05, 4.69) is 4.72 Å². The van der Waals surface area contributed by atoms with Crippen LogP contribution in [0, 0.1) is 12.7 Å². The van der Waals surface area contributed by atoms with Crippen molar-refractivity contribution in [1.82, 2.24) is 0 Å². The van der Waals surface area contributed by atoms with Crippen LogP contribution in [0.1, 0.15) is 12.0 Å². The maximum atomic E-state index is 13.4. The topological polar surface area (TPSA) is 64.6 Å². The minimum atomic E-state index is -3.89. The summed E-state index contributed by atoms with van der Waals surface area (Å²) >= 11 is 0. The minimum absolute atomic E-state index is 0.0930. The normalized spacial score (nSPS) is 14.2. The van der Waals surface area contributed by atoms with E-state index in [1.807, 2.05) is 0 Å². The molecule has 0 fully saturated rings. The van der Waals surface area contributed by atoms with Crippen LogP contribution in [0.15, 0.2) is 41.3 Å². The van der Waals surface area contributed by atoms with Gasteiger partial charge in [-0.1, -0.05) is 6.07 Å². The smallest absolute Gasteiger partial charge is 0.262 e. The molecule has 0 bridgehead atoms. The molecule has 23 heavy (non-hydrogen) atoms. The molecule has 2 aromatic rings. The first-order valence-corrected chi connectivity index (χ1v) is 8.63. The van der Waals surface area contributed by atoms with Crippen LogP contribution < -0.4 is 14.2 Å². The number of fused-ring (bicyclic) bond motifs is 1. The molecular weight excluding hydrogens is 321 g/mol. The maximum Gasteiger partial charge on any atom is 0.262 e. The van der Waals surface area contributed by atoms with E-state index in [1.54, 1.807) is 25.1 Å². The number of halogens is 1. The monoisotopic (exact) mass is 337 g/mol. The van der Waals surface area contributed by atoms with E-state index in [0.717, 1.165) is 12.5 Å². The fourth-order valence-electron chi connectivity index (χ4n) is 2.30. The van der Waals surface area contributed by atoms with E-state index in [4.69, 9.17) is 9.47 Å². The van der Waals surface area contributed by atoms with E-state index in [0.29, 0.717) is 36.0 Å². The van der Waals surface area contributed by atoms with Gasteiger partial charge in [0.25, 0.3) is 10.0 Å². The second-order valence-corrected chi connectivity index (χ2v) is 6.88. The first kappa shape index (κ1) is 15.6. The van der Waals surface area contributed by atoms with Gasteiger partial charge in [0.05, 0.1) is 23.8 Å². The molecule has 0 saturated carbocycles. The van der Waals surface area contributed by atoms with Crippen molar-refractivity contribution in [3.05, 3.63) is 47.8 Å². The van der Waals surface area contributed by atoms with Crippen LogP contribution in [-0.4, -0.2) is 21.6 Å². The van der Waals surface area contributed by atoms with Crippen molar-refractivity contribution < 1.29 is 22.3 Å². The summed E-state index contributed by atoms with van der Waals surface area (Å²) in [6.07, 6.45) is 0.762. The molecule has 0 unspecified atom stereocenters. The lowest BCUT2D eigenvalue weighted by Crippen LogP contribution is -2.14. The standard InChI is InChI=1S/C16H16FNO4S/c1-11-3-4-12(17)9-16(11)23(19,20)18-13-5-6-14-15(10-13)22-8-2-7-21-14/h3-6,9-10,18H,2,7-8H2,1H3. The Morgan fingerprint density at radius 3 is 2.57 bits per heavy atom. The molecule has 1 heterocycles. The molecule has 1 aliphatic heterocycles. The van der Waals surface area contributed by atoms with E-state index in [9.17, 15) is 12.8 Å². The summed E-state index contributed by atoms with van der Waals surface area (Å²) in [5.41, 5.74) is 0.797. The third kappa shape index (κ3) is 3.39. The van der Waals surface area contributed by atoms with Gasteiger partial charge in [0.1, 0.15) is 5.82 Å². The number of aryl methyl sites for hydroxylation is 1. The molecular formula is C16H16FNO4S. The lowest BCUT2D eigenvalue weighted by molar-refractivity contribution is 0.297. The van der Waals surface area contributed by atoms with Gasteiger partial charge in [-0.25, -0.2) is 12.8 Å². The average molecular weight is 337 g/mol. The number of rotatable bonds is 3. The van der Waals surface area contributed by atoms with Gasteiger partial charge in [0.2, 0.25) is 0 Å². The average Bonchev–Trinajstić information content (AvgIpc) is 2.74. The zero-order chi connectivity index (χ0) is 16.4. The Kier molecular flexibility index (Phi) is 4.12. The largest absolute Gasteiger partial charge is 0.490 e. The second kappa shape index (κ2) is 6.08. The first-order valence-electron chi connectivity index (χ1n) is 7.14. The third-order valence-corrected chi connectivity index (χ3v) is 4.96. The second-order valence-electron chi connectivity index (χ2n) is 5.23. The van der Waals surface area contributed by atoms with Crippen molar-refractivity contribution in [3.63, 3.8) is 0 Å². The number of nitrogens with one attached hydrogen (secondary N) is 1. The highest BCUT2D eigenvalue weighted by atomic mass is 32.2. The van der Waals surface area contributed by atoms with Gasteiger partial charge >= 0.3 is 0 Å². The molecule has 0 aromatic heterocycles. The predicted molar refractivity (Wildman–Crippen MR) is 84.0 cm³/mol. The number of anilines is 1. The summed E-state index contributed by atoms with van der Waals surface area (Å²) in [5, 5.41) is 0. The lowest BCUT2D eigenvalue weighted by atomic mass is 10.2. The Bertz CT molecular complexity index is 836. The van der Waals surface area contributed by atoms with Crippen LogP contribution in [0.5, 0.6) is 11.5 Å². The fourth-order valence-corrected chi connectivity index (χ4v) is 3.61. The Morgan fingerprint density at radius 2 is 1.78 bits per heavy atom. The van der Waals surface area contributed by atoms with Gasteiger partial charge in [0.15, 0.2) is 11.5 Å². The molecule has 1 aliphatic rings. The lowest BCUT2D eigenvalue weighted by Gasteiger charge is -2.13. The third-order valence-electron chi connectivity index (χ3n) is 3.44. The van der Waals surface area contributed by atoms with Crippen LogP contribution in [-0.2, 0) is 10.0 Å². The number of sulfonamides is 1. The van der Waals surface area contributed by atoms with Crippen molar-refractivity contribution in [1.29, 1.82) is 0 Å². The summed E-state index contributed by atoms with van der Waals surface area (Å²) in [6, 6.07) is 8.45. The predicted octanol–water partition coefficient (Wildman–Crippen LogP) is 3.10. The molecule has 7 heteroatoms. The number of hydrogen-bond donors (Lipinski definition) is 1. The van der Waals surface area contributed by atoms with Crippen molar-refractivity contribution in [2.75, 3.05) is 17.9 Å². The molecule has 0 saturated heterocycles. The van der Waals surface area contributed by atoms with E-state index in [-0.39, 0.29) is 4.90 Å². The van der Waals surface area contributed by atoms with Gasteiger partial charge in [-0.2, -0.15) is 0 Å². The Hall–Kier alpha value is -2.28.